The maximum Gasteiger partial charge on any atom is 0.247 e. The second-order valence-corrected chi connectivity index (χ2v) is 6.21. The smallest absolute Gasteiger partial charge is 0.247 e. The topological polar surface area (TPSA) is 55.6 Å². The summed E-state index contributed by atoms with van der Waals surface area (Å²) in [5, 5.41) is 0. The molecule has 1 heterocycles. The highest BCUT2D eigenvalue weighted by molar-refractivity contribution is 5.99. The molecule has 1 amide bonds. The molecule has 0 aliphatic carbocycles. The van der Waals surface area contributed by atoms with Crippen molar-refractivity contribution in [1.29, 1.82) is 0 Å². The van der Waals surface area contributed by atoms with Crippen LogP contribution in [0, 0.1) is 0 Å². The Morgan fingerprint density at radius 1 is 1.17 bits per heavy atom. The van der Waals surface area contributed by atoms with Crippen LogP contribution in [0.1, 0.15) is 30.9 Å². The van der Waals surface area contributed by atoms with E-state index in [9.17, 15) is 4.79 Å². The van der Waals surface area contributed by atoms with E-state index in [-0.39, 0.29) is 12.5 Å². The van der Waals surface area contributed by atoms with Crippen LogP contribution in [-0.4, -0.2) is 18.6 Å². The van der Waals surface area contributed by atoms with E-state index in [0.717, 1.165) is 11.3 Å². The average molecular weight is 310 g/mol. The number of ether oxygens (including phenoxy) is 1. The van der Waals surface area contributed by atoms with Gasteiger partial charge in [-0.15, -0.1) is 0 Å². The lowest BCUT2D eigenvalue weighted by molar-refractivity contribution is -0.120. The number of para-hydroxylation sites is 2. The highest BCUT2D eigenvalue weighted by Gasteiger charge is 2.28. The molecule has 0 aromatic heterocycles. The van der Waals surface area contributed by atoms with E-state index in [0.29, 0.717) is 18.2 Å². The standard InChI is InChI=1S/C19H22N2O2/c1-13(2)15-9-7-14(8-10-15)11-21-17-5-3-4-6-18(17)23-12-16(20)19(21)22/h3-10,13,16H,11-12,20H2,1-2H3/t16-/m1/s1. The predicted molar refractivity (Wildman–Crippen MR) is 91.6 cm³/mol. The molecule has 2 aromatic carbocycles. The van der Waals surface area contributed by atoms with Gasteiger partial charge < -0.3 is 15.4 Å². The molecule has 0 saturated heterocycles. The first-order valence-electron chi connectivity index (χ1n) is 7.94. The first-order valence-corrected chi connectivity index (χ1v) is 7.94. The normalized spacial score (nSPS) is 17.7. The van der Waals surface area contributed by atoms with Gasteiger partial charge in [-0.25, -0.2) is 0 Å². The summed E-state index contributed by atoms with van der Waals surface area (Å²) in [5.41, 5.74) is 9.09. The predicted octanol–water partition coefficient (Wildman–Crippen LogP) is 3.06. The molecule has 0 bridgehead atoms. The average Bonchev–Trinajstić information content (AvgIpc) is 2.68. The number of fused-ring (bicyclic) bond motifs is 1. The molecule has 120 valence electrons. The number of carbonyl (C=O) groups excluding carboxylic acids is 1. The van der Waals surface area contributed by atoms with E-state index in [2.05, 4.69) is 38.1 Å². The van der Waals surface area contributed by atoms with Gasteiger partial charge in [0.25, 0.3) is 0 Å². The lowest BCUT2D eigenvalue weighted by Gasteiger charge is -2.23. The van der Waals surface area contributed by atoms with E-state index in [1.165, 1.54) is 5.56 Å². The zero-order chi connectivity index (χ0) is 16.4. The SMILES string of the molecule is CC(C)c1ccc(CN2C(=O)[C@H](N)COc3ccccc32)cc1. The maximum atomic E-state index is 12.6. The Morgan fingerprint density at radius 2 is 1.87 bits per heavy atom. The van der Waals surface area contributed by atoms with E-state index < -0.39 is 6.04 Å². The first-order chi connectivity index (χ1) is 11.1. The number of rotatable bonds is 3. The molecule has 23 heavy (non-hydrogen) atoms. The van der Waals surface area contributed by atoms with Crippen LogP contribution in [0.3, 0.4) is 0 Å². The summed E-state index contributed by atoms with van der Waals surface area (Å²) in [6.07, 6.45) is 0. The van der Waals surface area contributed by atoms with Crippen LogP contribution < -0.4 is 15.4 Å². The van der Waals surface area contributed by atoms with Crippen molar-refractivity contribution in [3.05, 3.63) is 59.7 Å². The van der Waals surface area contributed by atoms with Gasteiger partial charge in [0.1, 0.15) is 18.4 Å². The zero-order valence-electron chi connectivity index (χ0n) is 13.5. The van der Waals surface area contributed by atoms with Gasteiger partial charge in [0, 0.05) is 0 Å². The Balaban J connectivity index is 1.91. The summed E-state index contributed by atoms with van der Waals surface area (Å²) in [6, 6.07) is 15.3. The van der Waals surface area contributed by atoms with Gasteiger partial charge in [-0.2, -0.15) is 0 Å². The van der Waals surface area contributed by atoms with Crippen molar-refractivity contribution in [2.24, 2.45) is 5.73 Å². The molecular formula is C19H22N2O2. The number of hydrogen-bond acceptors (Lipinski definition) is 3. The first kappa shape index (κ1) is 15.6. The maximum absolute atomic E-state index is 12.6. The fraction of sp³-hybridized carbons (Fsp3) is 0.316. The number of anilines is 1. The molecule has 0 saturated carbocycles. The molecule has 2 N–H and O–H groups in total. The van der Waals surface area contributed by atoms with Crippen LogP contribution in [0.5, 0.6) is 5.75 Å². The van der Waals surface area contributed by atoms with Gasteiger partial charge in [0.2, 0.25) is 5.91 Å². The number of nitrogens with zero attached hydrogens (tertiary/aromatic N) is 1. The molecule has 1 atom stereocenters. The number of benzene rings is 2. The van der Waals surface area contributed by atoms with Crippen molar-refractivity contribution >= 4 is 11.6 Å². The summed E-state index contributed by atoms with van der Waals surface area (Å²) < 4.78 is 5.66. The van der Waals surface area contributed by atoms with Gasteiger partial charge in [-0.3, -0.25) is 4.79 Å². The van der Waals surface area contributed by atoms with Crippen molar-refractivity contribution < 1.29 is 9.53 Å². The van der Waals surface area contributed by atoms with E-state index in [1.807, 2.05) is 24.3 Å². The van der Waals surface area contributed by atoms with Crippen molar-refractivity contribution in [1.82, 2.24) is 0 Å². The minimum absolute atomic E-state index is 0.108. The molecule has 4 heteroatoms. The van der Waals surface area contributed by atoms with Crippen LogP contribution >= 0.6 is 0 Å². The Bertz CT molecular complexity index is 695. The zero-order valence-corrected chi connectivity index (χ0v) is 13.5. The van der Waals surface area contributed by atoms with E-state index >= 15 is 0 Å². The molecule has 1 aliphatic heterocycles. The van der Waals surface area contributed by atoms with Crippen molar-refractivity contribution in [3.8, 4) is 5.75 Å². The summed E-state index contributed by atoms with van der Waals surface area (Å²) in [7, 11) is 0. The highest BCUT2D eigenvalue weighted by atomic mass is 16.5. The highest BCUT2D eigenvalue weighted by Crippen LogP contribution is 2.32. The quantitative estimate of drug-likeness (QED) is 0.948. The summed E-state index contributed by atoms with van der Waals surface area (Å²) in [4.78, 5) is 14.3. The third-order valence-electron chi connectivity index (χ3n) is 4.14. The number of amides is 1. The summed E-state index contributed by atoms with van der Waals surface area (Å²) in [6.45, 7) is 5.03. The second-order valence-electron chi connectivity index (χ2n) is 6.21. The monoisotopic (exact) mass is 310 g/mol. The molecule has 0 radical (unpaired) electrons. The Hall–Kier alpha value is -2.33. The van der Waals surface area contributed by atoms with Crippen molar-refractivity contribution in [2.75, 3.05) is 11.5 Å². The molecule has 4 nitrogen and oxygen atoms in total. The van der Waals surface area contributed by atoms with Gasteiger partial charge in [-0.05, 0) is 29.2 Å². The van der Waals surface area contributed by atoms with Gasteiger partial charge >= 0.3 is 0 Å². The minimum Gasteiger partial charge on any atom is -0.489 e. The van der Waals surface area contributed by atoms with E-state index in [4.69, 9.17) is 10.5 Å². The molecule has 0 spiro atoms. The largest absolute Gasteiger partial charge is 0.489 e. The number of hydrogen-bond donors (Lipinski definition) is 1. The lowest BCUT2D eigenvalue weighted by atomic mass is 10.0. The van der Waals surface area contributed by atoms with Crippen LogP contribution in [0.15, 0.2) is 48.5 Å². The fourth-order valence-electron chi connectivity index (χ4n) is 2.73. The second kappa shape index (κ2) is 6.42. The number of nitrogens with two attached hydrogens (primary N) is 1. The van der Waals surface area contributed by atoms with Gasteiger partial charge in [0.15, 0.2) is 0 Å². The van der Waals surface area contributed by atoms with Gasteiger partial charge in [0.05, 0.1) is 12.2 Å². The fourth-order valence-corrected chi connectivity index (χ4v) is 2.73. The van der Waals surface area contributed by atoms with Crippen molar-refractivity contribution in [2.45, 2.75) is 32.4 Å². The molecule has 0 unspecified atom stereocenters. The summed E-state index contributed by atoms with van der Waals surface area (Å²) in [5.74, 6) is 1.09. The Kier molecular flexibility index (Phi) is 4.35. The molecular weight excluding hydrogens is 288 g/mol. The minimum atomic E-state index is -0.641. The Labute approximate surface area is 136 Å². The third kappa shape index (κ3) is 3.22. The molecule has 1 aliphatic rings. The van der Waals surface area contributed by atoms with Crippen LogP contribution in [0.25, 0.3) is 0 Å². The summed E-state index contributed by atoms with van der Waals surface area (Å²) >= 11 is 0. The third-order valence-corrected chi connectivity index (χ3v) is 4.14. The molecule has 3 rings (SSSR count). The molecule has 0 fully saturated rings. The Morgan fingerprint density at radius 3 is 2.57 bits per heavy atom. The lowest BCUT2D eigenvalue weighted by Crippen LogP contribution is -2.44. The van der Waals surface area contributed by atoms with Crippen molar-refractivity contribution in [3.63, 3.8) is 0 Å². The number of carbonyl (C=O) groups is 1. The van der Waals surface area contributed by atoms with E-state index in [1.54, 1.807) is 4.90 Å². The van der Waals surface area contributed by atoms with Gasteiger partial charge in [-0.1, -0.05) is 50.2 Å². The van der Waals surface area contributed by atoms with Crippen LogP contribution in [0.4, 0.5) is 5.69 Å². The van der Waals surface area contributed by atoms with Crippen LogP contribution in [0.2, 0.25) is 0 Å². The molecule has 2 aromatic rings. The van der Waals surface area contributed by atoms with Crippen LogP contribution in [-0.2, 0) is 11.3 Å².